The molecule has 1 saturated heterocycles. The standard InChI is InChI=1S/C21H24F3N3O4/c1-29-12-16-18(26-20(31-16)27-9-2-3-10-27)19(28)25-13-6-7-15(14(22)11-13)30-17-5-4-8-21(17,23)24/h6-7,11,17H,2-5,8-10,12H2,1H3,(H,25,28). The van der Waals surface area contributed by atoms with Gasteiger partial charge >= 0.3 is 0 Å². The van der Waals surface area contributed by atoms with E-state index in [-0.39, 0.29) is 42.3 Å². The molecule has 1 amide bonds. The number of carbonyl (C=O) groups is 1. The van der Waals surface area contributed by atoms with E-state index >= 15 is 0 Å². The molecule has 1 atom stereocenters. The molecular weight excluding hydrogens is 415 g/mol. The lowest BCUT2D eigenvalue weighted by Gasteiger charge is -2.21. The third kappa shape index (κ3) is 4.63. The first-order valence-corrected chi connectivity index (χ1v) is 10.3. The summed E-state index contributed by atoms with van der Waals surface area (Å²) in [6, 6.07) is 3.99. The van der Waals surface area contributed by atoms with Crippen LogP contribution in [-0.4, -0.2) is 43.1 Å². The number of benzene rings is 1. The lowest BCUT2D eigenvalue weighted by molar-refractivity contribution is -0.0746. The molecule has 0 radical (unpaired) electrons. The number of methoxy groups -OCH3 is 1. The molecule has 1 aliphatic carbocycles. The van der Waals surface area contributed by atoms with Crippen molar-refractivity contribution in [3.63, 3.8) is 0 Å². The van der Waals surface area contributed by atoms with Gasteiger partial charge in [0.15, 0.2) is 29.1 Å². The van der Waals surface area contributed by atoms with Gasteiger partial charge in [0, 0.05) is 38.4 Å². The zero-order valence-electron chi connectivity index (χ0n) is 17.1. The highest BCUT2D eigenvalue weighted by Gasteiger charge is 2.46. The normalized spacial score (nSPS) is 20.3. The van der Waals surface area contributed by atoms with Gasteiger partial charge in [-0.3, -0.25) is 4.79 Å². The van der Waals surface area contributed by atoms with E-state index in [1.165, 1.54) is 19.2 Å². The maximum atomic E-state index is 14.4. The van der Waals surface area contributed by atoms with Crippen LogP contribution in [0, 0.1) is 5.82 Å². The van der Waals surface area contributed by atoms with Crippen LogP contribution in [0.4, 0.5) is 24.9 Å². The zero-order valence-corrected chi connectivity index (χ0v) is 17.1. The Balaban J connectivity index is 1.47. The number of carbonyl (C=O) groups excluding carboxylic acids is 1. The lowest BCUT2D eigenvalue weighted by atomic mass is 10.2. The minimum Gasteiger partial charge on any atom is -0.481 e. The predicted octanol–water partition coefficient (Wildman–Crippen LogP) is 4.38. The number of oxazole rings is 1. The summed E-state index contributed by atoms with van der Waals surface area (Å²) >= 11 is 0. The highest BCUT2D eigenvalue weighted by Crippen LogP contribution is 2.38. The van der Waals surface area contributed by atoms with Gasteiger partial charge in [0.25, 0.3) is 17.8 Å². The maximum Gasteiger partial charge on any atom is 0.298 e. The third-order valence-corrected chi connectivity index (χ3v) is 5.46. The molecule has 1 saturated carbocycles. The number of ether oxygens (including phenoxy) is 2. The first-order chi connectivity index (χ1) is 14.9. The largest absolute Gasteiger partial charge is 0.481 e. The molecule has 1 aliphatic heterocycles. The van der Waals surface area contributed by atoms with Gasteiger partial charge < -0.3 is 24.1 Å². The Labute approximate surface area is 177 Å². The second kappa shape index (κ2) is 8.78. The van der Waals surface area contributed by atoms with E-state index in [2.05, 4.69) is 10.3 Å². The summed E-state index contributed by atoms with van der Waals surface area (Å²) in [5, 5.41) is 2.56. The number of amides is 1. The number of nitrogens with one attached hydrogen (secondary N) is 1. The lowest BCUT2D eigenvalue weighted by Crippen LogP contribution is -2.32. The van der Waals surface area contributed by atoms with E-state index in [1.54, 1.807) is 0 Å². The zero-order chi connectivity index (χ0) is 22.0. The summed E-state index contributed by atoms with van der Waals surface area (Å²) in [7, 11) is 1.47. The Bertz CT molecular complexity index is 944. The summed E-state index contributed by atoms with van der Waals surface area (Å²) in [6.07, 6.45) is 0.910. The van der Waals surface area contributed by atoms with E-state index in [0.717, 1.165) is 32.0 Å². The molecule has 1 unspecified atom stereocenters. The van der Waals surface area contributed by atoms with Gasteiger partial charge in [0.05, 0.1) is 0 Å². The van der Waals surface area contributed by atoms with Gasteiger partial charge in [-0.05, 0) is 37.8 Å². The number of halogens is 3. The van der Waals surface area contributed by atoms with Gasteiger partial charge in [-0.1, -0.05) is 0 Å². The Morgan fingerprint density at radius 2 is 2.10 bits per heavy atom. The molecule has 4 rings (SSSR count). The fourth-order valence-corrected chi connectivity index (χ4v) is 3.85. The number of hydrogen-bond acceptors (Lipinski definition) is 6. The topological polar surface area (TPSA) is 76.8 Å². The number of anilines is 2. The van der Waals surface area contributed by atoms with Crippen LogP contribution in [0.2, 0.25) is 0 Å². The molecule has 10 heteroatoms. The average Bonchev–Trinajstić information content (AvgIpc) is 3.44. The highest BCUT2D eigenvalue weighted by molar-refractivity contribution is 6.03. The Morgan fingerprint density at radius 1 is 1.32 bits per heavy atom. The van der Waals surface area contributed by atoms with Gasteiger partial charge in [-0.25, -0.2) is 13.2 Å². The van der Waals surface area contributed by atoms with Gasteiger partial charge in [0.2, 0.25) is 0 Å². The predicted molar refractivity (Wildman–Crippen MR) is 106 cm³/mol. The van der Waals surface area contributed by atoms with Crippen molar-refractivity contribution in [3.8, 4) is 5.75 Å². The van der Waals surface area contributed by atoms with Crippen molar-refractivity contribution in [1.82, 2.24) is 4.98 Å². The minimum absolute atomic E-state index is 0.0510. The molecule has 0 spiro atoms. The van der Waals surface area contributed by atoms with Crippen molar-refractivity contribution in [2.75, 3.05) is 30.4 Å². The van der Waals surface area contributed by atoms with Crippen molar-refractivity contribution in [3.05, 3.63) is 35.5 Å². The van der Waals surface area contributed by atoms with E-state index in [0.29, 0.717) is 12.4 Å². The van der Waals surface area contributed by atoms with Gasteiger partial charge in [-0.2, -0.15) is 4.98 Å². The maximum absolute atomic E-state index is 14.4. The molecule has 1 N–H and O–H groups in total. The van der Waals surface area contributed by atoms with E-state index in [9.17, 15) is 18.0 Å². The molecule has 2 aliphatic rings. The van der Waals surface area contributed by atoms with Crippen LogP contribution in [0.15, 0.2) is 22.6 Å². The highest BCUT2D eigenvalue weighted by atomic mass is 19.3. The number of aromatic nitrogens is 1. The van der Waals surface area contributed by atoms with E-state index in [1.807, 2.05) is 4.90 Å². The van der Waals surface area contributed by atoms with Crippen LogP contribution in [0.3, 0.4) is 0 Å². The van der Waals surface area contributed by atoms with Crippen molar-refractivity contribution in [2.45, 2.75) is 50.7 Å². The summed E-state index contributed by atoms with van der Waals surface area (Å²) in [5.74, 6) is -4.41. The fourth-order valence-electron chi connectivity index (χ4n) is 3.85. The molecule has 168 valence electrons. The van der Waals surface area contributed by atoms with E-state index < -0.39 is 23.8 Å². The van der Waals surface area contributed by atoms with Crippen LogP contribution >= 0.6 is 0 Å². The molecule has 1 aromatic carbocycles. The molecule has 0 bridgehead atoms. The Morgan fingerprint density at radius 3 is 2.74 bits per heavy atom. The second-order valence-electron chi connectivity index (χ2n) is 7.75. The van der Waals surface area contributed by atoms with Crippen LogP contribution in [0.1, 0.15) is 48.4 Å². The molecule has 1 aromatic heterocycles. The monoisotopic (exact) mass is 439 g/mol. The minimum atomic E-state index is -2.98. The molecule has 2 fully saturated rings. The molecule has 31 heavy (non-hydrogen) atoms. The first kappa shape index (κ1) is 21.5. The Kier molecular flexibility index (Phi) is 6.08. The second-order valence-corrected chi connectivity index (χ2v) is 7.75. The van der Waals surface area contributed by atoms with Crippen LogP contribution in [-0.2, 0) is 11.3 Å². The number of alkyl halides is 2. The fraction of sp³-hybridized carbons (Fsp3) is 0.524. The van der Waals surface area contributed by atoms with Crippen molar-refractivity contribution >= 4 is 17.6 Å². The quantitative estimate of drug-likeness (QED) is 0.690. The van der Waals surface area contributed by atoms with E-state index in [4.69, 9.17) is 13.9 Å². The van der Waals surface area contributed by atoms with Crippen molar-refractivity contribution in [2.24, 2.45) is 0 Å². The summed E-state index contributed by atoms with van der Waals surface area (Å²) in [4.78, 5) is 19.0. The number of hydrogen-bond donors (Lipinski definition) is 1. The van der Waals surface area contributed by atoms with Crippen LogP contribution in [0.25, 0.3) is 0 Å². The van der Waals surface area contributed by atoms with Gasteiger partial charge in [0.1, 0.15) is 6.61 Å². The summed E-state index contributed by atoms with van der Waals surface area (Å²) in [5.41, 5.74) is 0.192. The molecule has 7 nitrogen and oxygen atoms in total. The van der Waals surface area contributed by atoms with Gasteiger partial charge in [-0.15, -0.1) is 0 Å². The molecular formula is C21H24F3N3O4. The number of nitrogens with zero attached hydrogens (tertiary/aromatic N) is 2. The molecule has 2 aromatic rings. The third-order valence-electron chi connectivity index (χ3n) is 5.46. The first-order valence-electron chi connectivity index (χ1n) is 10.3. The smallest absolute Gasteiger partial charge is 0.298 e. The Hall–Kier alpha value is -2.75. The summed E-state index contributed by atoms with van der Waals surface area (Å²) < 4.78 is 57.9. The average molecular weight is 439 g/mol. The molecule has 2 heterocycles. The van der Waals surface area contributed by atoms with Crippen LogP contribution < -0.4 is 15.0 Å². The van der Waals surface area contributed by atoms with Crippen LogP contribution in [0.5, 0.6) is 5.75 Å². The van der Waals surface area contributed by atoms with Crippen molar-refractivity contribution in [1.29, 1.82) is 0 Å². The number of rotatable bonds is 7. The van der Waals surface area contributed by atoms with Crippen molar-refractivity contribution < 1.29 is 31.9 Å². The summed E-state index contributed by atoms with van der Waals surface area (Å²) in [6.45, 7) is 1.64. The SMILES string of the molecule is COCc1oc(N2CCCC2)nc1C(=O)Nc1ccc(OC2CCCC2(F)F)c(F)c1.